The summed E-state index contributed by atoms with van der Waals surface area (Å²) < 4.78 is 31.1. The molecule has 0 N–H and O–H groups in total. The molecule has 0 radical (unpaired) electrons. The van der Waals surface area contributed by atoms with Crippen LogP contribution in [0.1, 0.15) is 39.1 Å². The molecule has 1 saturated heterocycles. The van der Waals surface area contributed by atoms with Gasteiger partial charge >= 0.3 is 5.97 Å². The monoisotopic (exact) mass is 345 g/mol. The van der Waals surface area contributed by atoms with Crippen molar-refractivity contribution in [2.75, 3.05) is 13.1 Å². The topological polar surface area (TPSA) is 46.6 Å². The quantitative estimate of drug-likeness (QED) is 0.796. The Morgan fingerprint density at radius 3 is 2.20 bits per heavy atom. The van der Waals surface area contributed by atoms with Crippen LogP contribution in [-0.4, -0.2) is 29.9 Å². The number of benzene rings is 2. The van der Waals surface area contributed by atoms with E-state index in [0.29, 0.717) is 11.1 Å². The molecular formula is C19H17F2NO3. The lowest BCUT2D eigenvalue weighted by atomic mass is 10.1. The van der Waals surface area contributed by atoms with Gasteiger partial charge in [-0.3, -0.25) is 4.79 Å². The summed E-state index contributed by atoms with van der Waals surface area (Å²) in [6.45, 7) is 1.55. The maximum atomic E-state index is 13.1. The molecule has 1 aliphatic heterocycles. The third-order valence-electron chi connectivity index (χ3n) is 4.12. The van der Waals surface area contributed by atoms with Gasteiger partial charge in [0.1, 0.15) is 6.61 Å². The number of carbonyl (C=O) groups excluding carboxylic acids is 2. The number of nitrogens with zero attached hydrogens (tertiary/aromatic N) is 1. The SMILES string of the molecule is O=C(OCc1ccc(C(=O)N2CCCC2)cc1)c1ccc(F)c(F)c1. The molecule has 1 heterocycles. The lowest BCUT2D eigenvalue weighted by Crippen LogP contribution is -2.27. The van der Waals surface area contributed by atoms with E-state index in [-0.39, 0.29) is 18.1 Å². The molecule has 0 aliphatic carbocycles. The third kappa shape index (κ3) is 4.02. The van der Waals surface area contributed by atoms with Crippen molar-refractivity contribution >= 4 is 11.9 Å². The fourth-order valence-corrected chi connectivity index (χ4v) is 2.70. The second-order valence-corrected chi connectivity index (χ2v) is 5.90. The van der Waals surface area contributed by atoms with Crippen molar-refractivity contribution in [2.24, 2.45) is 0 Å². The van der Waals surface area contributed by atoms with Crippen LogP contribution in [0.2, 0.25) is 0 Å². The van der Waals surface area contributed by atoms with E-state index in [1.807, 2.05) is 4.90 Å². The standard InChI is InChI=1S/C19H17F2NO3/c20-16-8-7-15(11-17(16)21)19(24)25-12-13-3-5-14(6-4-13)18(23)22-9-1-2-10-22/h3-8,11H,1-2,9-10,12H2. The van der Waals surface area contributed by atoms with E-state index in [1.165, 1.54) is 6.07 Å². The van der Waals surface area contributed by atoms with Crippen LogP contribution in [-0.2, 0) is 11.3 Å². The van der Waals surface area contributed by atoms with Gasteiger partial charge in [0.2, 0.25) is 0 Å². The van der Waals surface area contributed by atoms with Crippen molar-refractivity contribution in [3.05, 3.63) is 70.8 Å². The minimum atomic E-state index is -1.10. The highest BCUT2D eigenvalue weighted by Gasteiger charge is 2.19. The molecule has 0 aromatic heterocycles. The molecule has 1 fully saturated rings. The average Bonchev–Trinajstić information content (AvgIpc) is 3.16. The van der Waals surface area contributed by atoms with Crippen LogP contribution < -0.4 is 0 Å². The first-order valence-corrected chi connectivity index (χ1v) is 8.05. The number of rotatable bonds is 4. The van der Waals surface area contributed by atoms with Crippen molar-refractivity contribution in [2.45, 2.75) is 19.4 Å². The highest BCUT2D eigenvalue weighted by molar-refractivity contribution is 5.94. The van der Waals surface area contributed by atoms with Gasteiger partial charge in [-0.15, -0.1) is 0 Å². The number of hydrogen-bond donors (Lipinski definition) is 0. The Kier molecular flexibility index (Phi) is 5.07. The van der Waals surface area contributed by atoms with E-state index >= 15 is 0 Å². The predicted octanol–water partition coefficient (Wildman–Crippen LogP) is 3.56. The lowest BCUT2D eigenvalue weighted by Gasteiger charge is -2.15. The molecule has 0 bridgehead atoms. The second kappa shape index (κ2) is 7.42. The summed E-state index contributed by atoms with van der Waals surface area (Å²) in [6, 6.07) is 9.66. The molecule has 130 valence electrons. The van der Waals surface area contributed by atoms with Crippen LogP contribution in [0, 0.1) is 11.6 Å². The first-order valence-electron chi connectivity index (χ1n) is 8.05. The summed E-state index contributed by atoms with van der Waals surface area (Å²) in [6.07, 6.45) is 2.06. The van der Waals surface area contributed by atoms with E-state index < -0.39 is 17.6 Å². The molecule has 0 saturated carbocycles. The Balaban J connectivity index is 1.58. The molecule has 0 atom stereocenters. The maximum Gasteiger partial charge on any atom is 0.338 e. The Morgan fingerprint density at radius 1 is 0.920 bits per heavy atom. The Morgan fingerprint density at radius 2 is 1.56 bits per heavy atom. The molecule has 2 aromatic rings. The molecule has 2 aromatic carbocycles. The van der Waals surface area contributed by atoms with Crippen molar-refractivity contribution in [1.29, 1.82) is 0 Å². The van der Waals surface area contributed by atoms with Gasteiger partial charge in [0.05, 0.1) is 5.56 Å². The molecule has 0 unspecified atom stereocenters. The number of esters is 1. The average molecular weight is 345 g/mol. The highest BCUT2D eigenvalue weighted by Crippen LogP contribution is 2.15. The minimum Gasteiger partial charge on any atom is -0.457 e. The molecule has 25 heavy (non-hydrogen) atoms. The first-order chi connectivity index (χ1) is 12.0. The zero-order valence-corrected chi connectivity index (χ0v) is 13.5. The van der Waals surface area contributed by atoms with Crippen LogP contribution >= 0.6 is 0 Å². The third-order valence-corrected chi connectivity index (χ3v) is 4.12. The number of likely N-dealkylation sites (tertiary alicyclic amines) is 1. The fraction of sp³-hybridized carbons (Fsp3) is 0.263. The van der Waals surface area contributed by atoms with Gasteiger partial charge in [-0.1, -0.05) is 12.1 Å². The molecule has 6 heteroatoms. The van der Waals surface area contributed by atoms with E-state index in [9.17, 15) is 18.4 Å². The van der Waals surface area contributed by atoms with Gasteiger partial charge in [0.25, 0.3) is 5.91 Å². The van der Waals surface area contributed by atoms with Crippen LogP contribution in [0.4, 0.5) is 8.78 Å². The zero-order valence-electron chi connectivity index (χ0n) is 13.5. The molecule has 1 aliphatic rings. The molecule has 1 amide bonds. The molecular weight excluding hydrogens is 328 g/mol. The summed E-state index contributed by atoms with van der Waals surface area (Å²) in [5.74, 6) is -2.85. The van der Waals surface area contributed by atoms with Crippen LogP contribution in [0.5, 0.6) is 0 Å². The smallest absolute Gasteiger partial charge is 0.338 e. The van der Waals surface area contributed by atoms with Gasteiger partial charge < -0.3 is 9.64 Å². The minimum absolute atomic E-state index is 0.00262. The van der Waals surface area contributed by atoms with Gasteiger partial charge in [0, 0.05) is 18.7 Å². The lowest BCUT2D eigenvalue weighted by molar-refractivity contribution is 0.0471. The van der Waals surface area contributed by atoms with E-state index in [0.717, 1.165) is 38.1 Å². The van der Waals surface area contributed by atoms with Gasteiger partial charge in [-0.2, -0.15) is 0 Å². The number of hydrogen-bond acceptors (Lipinski definition) is 3. The Labute approximate surface area is 144 Å². The first kappa shape index (κ1) is 17.1. The van der Waals surface area contributed by atoms with Crippen molar-refractivity contribution in [1.82, 2.24) is 4.90 Å². The van der Waals surface area contributed by atoms with E-state index in [4.69, 9.17) is 4.74 Å². The number of halogens is 2. The van der Waals surface area contributed by atoms with Crippen LogP contribution in [0.3, 0.4) is 0 Å². The number of ether oxygens (including phenoxy) is 1. The fourth-order valence-electron chi connectivity index (χ4n) is 2.70. The second-order valence-electron chi connectivity index (χ2n) is 5.90. The Hall–Kier alpha value is -2.76. The summed E-state index contributed by atoms with van der Waals surface area (Å²) in [5, 5.41) is 0. The van der Waals surface area contributed by atoms with E-state index in [2.05, 4.69) is 0 Å². The molecule has 4 nitrogen and oxygen atoms in total. The van der Waals surface area contributed by atoms with Crippen LogP contribution in [0.15, 0.2) is 42.5 Å². The molecule has 3 rings (SSSR count). The van der Waals surface area contributed by atoms with Crippen molar-refractivity contribution < 1.29 is 23.1 Å². The number of carbonyl (C=O) groups is 2. The summed E-state index contributed by atoms with van der Waals surface area (Å²) in [5.41, 5.74) is 1.24. The van der Waals surface area contributed by atoms with Gasteiger partial charge in [-0.05, 0) is 48.7 Å². The number of amides is 1. The highest BCUT2D eigenvalue weighted by atomic mass is 19.2. The van der Waals surface area contributed by atoms with Crippen molar-refractivity contribution in [3.63, 3.8) is 0 Å². The maximum absolute atomic E-state index is 13.1. The van der Waals surface area contributed by atoms with Crippen molar-refractivity contribution in [3.8, 4) is 0 Å². The Bertz CT molecular complexity index is 784. The van der Waals surface area contributed by atoms with Gasteiger partial charge in [0.15, 0.2) is 11.6 Å². The van der Waals surface area contributed by atoms with Gasteiger partial charge in [-0.25, -0.2) is 13.6 Å². The summed E-state index contributed by atoms with van der Waals surface area (Å²) in [7, 11) is 0. The normalized spacial score (nSPS) is 13.8. The summed E-state index contributed by atoms with van der Waals surface area (Å²) in [4.78, 5) is 25.9. The molecule has 0 spiro atoms. The zero-order chi connectivity index (χ0) is 17.8. The largest absolute Gasteiger partial charge is 0.457 e. The van der Waals surface area contributed by atoms with Crippen LogP contribution in [0.25, 0.3) is 0 Å². The predicted molar refractivity (Wildman–Crippen MR) is 87.1 cm³/mol. The summed E-state index contributed by atoms with van der Waals surface area (Å²) >= 11 is 0. The van der Waals surface area contributed by atoms with E-state index in [1.54, 1.807) is 24.3 Å².